The van der Waals surface area contributed by atoms with Crippen LogP contribution in [0.1, 0.15) is 23.1 Å². The number of hydrogen-bond donors (Lipinski definition) is 0. The molecule has 0 saturated carbocycles. The van der Waals surface area contributed by atoms with E-state index in [1.165, 1.54) is 24.3 Å². The Labute approximate surface area is 215 Å². The van der Waals surface area contributed by atoms with Gasteiger partial charge in [-0.15, -0.1) is 0 Å². The zero-order valence-electron chi connectivity index (χ0n) is 20.1. The SMILES string of the molecule is CS(=O)(=O)c1cccc(OCCCN(Cc2cccc(C(F)(F)F)c2F)CC(F)(F)c2ccc(F)cc2)c1. The maximum atomic E-state index is 15.0. The van der Waals surface area contributed by atoms with Crippen LogP contribution in [-0.2, 0) is 28.5 Å². The highest BCUT2D eigenvalue weighted by Gasteiger charge is 2.37. The van der Waals surface area contributed by atoms with Crippen molar-refractivity contribution in [2.75, 3.05) is 26.0 Å². The Morgan fingerprint density at radius 1 is 0.895 bits per heavy atom. The van der Waals surface area contributed by atoms with Crippen LogP contribution in [-0.4, -0.2) is 39.3 Å². The molecule has 0 N–H and O–H groups in total. The standard InChI is InChI=1S/C26H24F7NO3S/c1-38(35,36)22-7-3-6-21(15-22)37-14-4-13-34(17-25(29,30)19-9-11-20(27)12-10-19)16-18-5-2-8-23(24(18)28)26(31,32)33/h2-3,5-12,15H,4,13-14,16-17H2,1H3. The molecular formula is C26H24F7NO3S. The monoisotopic (exact) mass is 563 g/mol. The van der Waals surface area contributed by atoms with Crippen molar-refractivity contribution in [2.45, 2.75) is 30.0 Å². The van der Waals surface area contributed by atoms with Gasteiger partial charge in [-0.05, 0) is 42.8 Å². The quantitative estimate of drug-likeness (QED) is 0.199. The largest absolute Gasteiger partial charge is 0.494 e. The normalized spacial score (nSPS) is 12.7. The molecule has 0 bridgehead atoms. The van der Waals surface area contributed by atoms with Gasteiger partial charge in [-0.2, -0.15) is 22.0 Å². The van der Waals surface area contributed by atoms with Crippen molar-refractivity contribution >= 4 is 9.84 Å². The Morgan fingerprint density at radius 2 is 1.55 bits per heavy atom. The van der Waals surface area contributed by atoms with Gasteiger partial charge in [0.15, 0.2) is 9.84 Å². The van der Waals surface area contributed by atoms with Crippen LogP contribution in [0.5, 0.6) is 5.75 Å². The van der Waals surface area contributed by atoms with Crippen LogP contribution in [0.25, 0.3) is 0 Å². The van der Waals surface area contributed by atoms with Crippen LogP contribution < -0.4 is 4.74 Å². The predicted octanol–water partition coefficient (Wildman–Crippen LogP) is 6.45. The first kappa shape index (κ1) is 29.4. The van der Waals surface area contributed by atoms with Crippen molar-refractivity contribution < 1.29 is 43.9 Å². The van der Waals surface area contributed by atoms with Crippen molar-refractivity contribution in [3.05, 3.63) is 95.1 Å². The number of rotatable bonds is 11. The predicted molar refractivity (Wildman–Crippen MR) is 127 cm³/mol. The zero-order chi connectivity index (χ0) is 28.1. The number of ether oxygens (including phenoxy) is 1. The lowest BCUT2D eigenvalue weighted by molar-refractivity contribution is -0.140. The average molecular weight is 564 g/mol. The van der Waals surface area contributed by atoms with Crippen LogP contribution >= 0.6 is 0 Å². The summed E-state index contributed by atoms with van der Waals surface area (Å²) in [5, 5.41) is 0. The van der Waals surface area contributed by atoms with Gasteiger partial charge in [-0.1, -0.05) is 30.3 Å². The molecule has 0 spiro atoms. The van der Waals surface area contributed by atoms with Gasteiger partial charge in [0.2, 0.25) is 0 Å². The summed E-state index contributed by atoms with van der Waals surface area (Å²) in [6.07, 6.45) is -3.83. The Balaban J connectivity index is 1.77. The van der Waals surface area contributed by atoms with Crippen LogP contribution in [0.2, 0.25) is 0 Å². The lowest BCUT2D eigenvalue weighted by Crippen LogP contribution is -2.36. The lowest BCUT2D eigenvalue weighted by atomic mass is 10.1. The fourth-order valence-electron chi connectivity index (χ4n) is 3.71. The minimum absolute atomic E-state index is 0.0237. The van der Waals surface area contributed by atoms with E-state index in [0.717, 1.165) is 47.6 Å². The minimum Gasteiger partial charge on any atom is -0.494 e. The highest BCUT2D eigenvalue weighted by atomic mass is 32.2. The fraction of sp³-hybridized carbons (Fsp3) is 0.308. The third-order valence-electron chi connectivity index (χ3n) is 5.59. The number of hydrogen-bond acceptors (Lipinski definition) is 4. The molecule has 3 aromatic rings. The molecule has 3 aromatic carbocycles. The van der Waals surface area contributed by atoms with E-state index >= 15 is 8.78 Å². The third-order valence-corrected chi connectivity index (χ3v) is 6.70. The van der Waals surface area contributed by atoms with Crippen molar-refractivity contribution in [2.24, 2.45) is 0 Å². The second-order valence-corrected chi connectivity index (χ2v) is 10.7. The van der Waals surface area contributed by atoms with Gasteiger partial charge in [0.1, 0.15) is 17.4 Å². The van der Waals surface area contributed by atoms with Gasteiger partial charge in [0, 0.05) is 30.5 Å². The third kappa shape index (κ3) is 7.94. The molecular weight excluding hydrogens is 539 g/mol. The number of sulfone groups is 1. The van der Waals surface area contributed by atoms with Gasteiger partial charge < -0.3 is 4.74 Å². The summed E-state index contributed by atoms with van der Waals surface area (Å²) >= 11 is 0. The topological polar surface area (TPSA) is 46.6 Å². The van der Waals surface area contributed by atoms with E-state index in [2.05, 4.69) is 0 Å². The number of halogens is 7. The highest BCUT2D eigenvalue weighted by molar-refractivity contribution is 7.90. The van der Waals surface area contributed by atoms with E-state index in [1.54, 1.807) is 0 Å². The molecule has 0 aliphatic heterocycles. The number of alkyl halides is 5. The van der Waals surface area contributed by atoms with Crippen molar-refractivity contribution in [3.8, 4) is 5.75 Å². The van der Waals surface area contributed by atoms with Gasteiger partial charge in [0.25, 0.3) is 5.92 Å². The zero-order valence-corrected chi connectivity index (χ0v) is 20.9. The summed E-state index contributed by atoms with van der Waals surface area (Å²) in [6.45, 7) is -1.72. The van der Waals surface area contributed by atoms with Crippen molar-refractivity contribution in [3.63, 3.8) is 0 Å². The summed E-state index contributed by atoms with van der Waals surface area (Å²) in [7, 11) is -3.48. The van der Waals surface area contributed by atoms with Gasteiger partial charge in [-0.25, -0.2) is 17.2 Å². The molecule has 0 radical (unpaired) electrons. The molecule has 3 rings (SSSR count). The van der Waals surface area contributed by atoms with Crippen LogP contribution in [0.15, 0.2) is 71.6 Å². The Kier molecular flexibility index (Phi) is 9.09. The van der Waals surface area contributed by atoms with Crippen molar-refractivity contribution in [1.82, 2.24) is 4.90 Å². The van der Waals surface area contributed by atoms with E-state index in [4.69, 9.17) is 4.74 Å². The molecule has 38 heavy (non-hydrogen) atoms. The molecule has 0 amide bonds. The second-order valence-electron chi connectivity index (χ2n) is 8.65. The fourth-order valence-corrected chi connectivity index (χ4v) is 4.37. The van der Waals surface area contributed by atoms with Crippen LogP contribution in [0.4, 0.5) is 30.7 Å². The molecule has 206 valence electrons. The van der Waals surface area contributed by atoms with Gasteiger partial charge in [-0.3, -0.25) is 4.90 Å². The second kappa shape index (κ2) is 11.7. The maximum absolute atomic E-state index is 15.0. The molecule has 0 unspecified atom stereocenters. The van der Waals surface area contributed by atoms with E-state index < -0.39 is 63.4 Å². The van der Waals surface area contributed by atoms with E-state index in [9.17, 15) is 30.4 Å². The van der Waals surface area contributed by atoms with E-state index in [1.807, 2.05) is 0 Å². The molecule has 12 heteroatoms. The van der Waals surface area contributed by atoms with E-state index in [-0.39, 0.29) is 30.2 Å². The molecule has 0 aromatic heterocycles. The summed E-state index contributed by atoms with van der Waals surface area (Å²) < 4.78 is 126. The summed E-state index contributed by atoms with van der Waals surface area (Å²) in [5.41, 5.74) is -2.44. The molecule has 4 nitrogen and oxygen atoms in total. The number of nitrogens with zero attached hydrogens (tertiary/aromatic N) is 1. The Hall–Kier alpha value is -3.12. The average Bonchev–Trinajstić information content (AvgIpc) is 2.82. The smallest absolute Gasteiger partial charge is 0.419 e. The Bertz CT molecular complexity index is 1340. The first-order chi connectivity index (χ1) is 17.7. The Morgan fingerprint density at radius 3 is 2.18 bits per heavy atom. The van der Waals surface area contributed by atoms with Crippen LogP contribution in [0.3, 0.4) is 0 Å². The summed E-state index contributed by atoms with van der Waals surface area (Å²) in [6, 6.07) is 11.8. The molecule has 0 atom stereocenters. The molecule has 0 fully saturated rings. The summed E-state index contributed by atoms with van der Waals surface area (Å²) in [4.78, 5) is 1.11. The first-order valence-corrected chi connectivity index (χ1v) is 13.2. The molecule has 0 aliphatic rings. The number of benzene rings is 3. The van der Waals surface area contributed by atoms with Gasteiger partial charge in [0.05, 0.1) is 23.6 Å². The highest BCUT2D eigenvalue weighted by Crippen LogP contribution is 2.34. The maximum Gasteiger partial charge on any atom is 0.419 e. The molecule has 0 saturated heterocycles. The van der Waals surface area contributed by atoms with E-state index in [0.29, 0.717) is 6.07 Å². The first-order valence-electron chi connectivity index (χ1n) is 11.3. The van der Waals surface area contributed by atoms with Gasteiger partial charge >= 0.3 is 6.18 Å². The molecule has 0 heterocycles. The van der Waals surface area contributed by atoms with Crippen molar-refractivity contribution in [1.29, 1.82) is 0 Å². The summed E-state index contributed by atoms with van der Waals surface area (Å²) in [5.74, 6) is -5.58. The lowest BCUT2D eigenvalue weighted by Gasteiger charge is -2.28. The van der Waals surface area contributed by atoms with Crippen LogP contribution in [0, 0.1) is 11.6 Å². The minimum atomic E-state index is -4.96. The molecule has 0 aliphatic carbocycles.